The molecule has 0 saturated heterocycles. The first kappa shape index (κ1) is 17.6. The van der Waals surface area contributed by atoms with Gasteiger partial charge in [-0.15, -0.1) is 0 Å². The highest BCUT2D eigenvalue weighted by atomic mass is 16.7. The van der Waals surface area contributed by atoms with Crippen LogP contribution in [0.25, 0.3) is 0 Å². The molecule has 0 bridgehead atoms. The molecule has 1 saturated carbocycles. The second-order valence-electron chi connectivity index (χ2n) is 6.78. The molecule has 1 aromatic carbocycles. The van der Waals surface area contributed by atoms with E-state index in [0.717, 1.165) is 30.6 Å². The van der Waals surface area contributed by atoms with E-state index in [1.807, 2.05) is 18.2 Å². The lowest BCUT2D eigenvalue weighted by atomic mass is 9.86. The van der Waals surface area contributed by atoms with Gasteiger partial charge in [0.15, 0.2) is 18.1 Å². The highest BCUT2D eigenvalue weighted by Gasteiger charge is 2.23. The van der Waals surface area contributed by atoms with Crippen LogP contribution in [-0.4, -0.2) is 31.3 Å². The average Bonchev–Trinajstić information content (AvgIpc) is 3.08. The van der Waals surface area contributed by atoms with Crippen LogP contribution in [0.1, 0.15) is 44.6 Å². The Labute approximate surface area is 147 Å². The van der Waals surface area contributed by atoms with Gasteiger partial charge in [-0.1, -0.05) is 25.8 Å². The fourth-order valence-electron chi connectivity index (χ4n) is 3.34. The number of esters is 1. The molecule has 0 aromatic heterocycles. The number of hydrogen-bond acceptors (Lipinski definition) is 5. The maximum Gasteiger partial charge on any atom is 0.306 e. The Kier molecular flexibility index (Phi) is 5.79. The monoisotopic (exact) mass is 347 g/mol. The smallest absolute Gasteiger partial charge is 0.306 e. The maximum atomic E-state index is 11.9. The highest BCUT2D eigenvalue weighted by Crippen LogP contribution is 2.32. The van der Waals surface area contributed by atoms with Crippen LogP contribution in [0.4, 0.5) is 0 Å². The Morgan fingerprint density at radius 3 is 2.84 bits per heavy atom. The van der Waals surface area contributed by atoms with Gasteiger partial charge in [0.05, 0.1) is 0 Å². The van der Waals surface area contributed by atoms with Gasteiger partial charge in [-0.2, -0.15) is 0 Å². The van der Waals surface area contributed by atoms with Gasteiger partial charge < -0.3 is 19.5 Å². The highest BCUT2D eigenvalue weighted by molar-refractivity contribution is 5.80. The summed E-state index contributed by atoms with van der Waals surface area (Å²) in [6, 6.07) is 5.81. The Hall–Kier alpha value is -2.24. The van der Waals surface area contributed by atoms with E-state index in [4.69, 9.17) is 14.2 Å². The van der Waals surface area contributed by atoms with Crippen molar-refractivity contribution in [1.29, 1.82) is 0 Å². The summed E-state index contributed by atoms with van der Waals surface area (Å²) in [6.07, 6.45) is 5.28. The quantitative estimate of drug-likeness (QED) is 0.801. The molecule has 25 heavy (non-hydrogen) atoms. The van der Waals surface area contributed by atoms with E-state index in [-0.39, 0.29) is 37.7 Å². The second kappa shape index (κ2) is 8.23. The summed E-state index contributed by atoms with van der Waals surface area (Å²) in [5.41, 5.74) is 0.974. The molecule has 0 spiro atoms. The Balaban J connectivity index is 1.37. The van der Waals surface area contributed by atoms with E-state index in [9.17, 15) is 9.59 Å². The van der Waals surface area contributed by atoms with E-state index in [0.29, 0.717) is 18.1 Å². The molecular formula is C19H25NO5. The molecular weight excluding hydrogens is 322 g/mol. The predicted molar refractivity (Wildman–Crippen MR) is 91.4 cm³/mol. The number of rotatable bonds is 6. The molecule has 1 N–H and O–H groups in total. The second-order valence-corrected chi connectivity index (χ2v) is 6.78. The van der Waals surface area contributed by atoms with Crippen LogP contribution in [0.3, 0.4) is 0 Å². The van der Waals surface area contributed by atoms with Crippen LogP contribution < -0.4 is 14.8 Å². The summed E-state index contributed by atoms with van der Waals surface area (Å²) in [6.45, 7) is 2.18. The molecule has 1 aromatic rings. The summed E-state index contributed by atoms with van der Waals surface area (Å²) < 4.78 is 15.7. The molecule has 1 aliphatic carbocycles. The number of aryl methyl sites for hydroxylation is 1. The number of ether oxygens (including phenoxy) is 3. The van der Waals surface area contributed by atoms with Crippen molar-refractivity contribution in [2.45, 2.75) is 51.5 Å². The summed E-state index contributed by atoms with van der Waals surface area (Å²) in [7, 11) is 0. The van der Waals surface area contributed by atoms with E-state index >= 15 is 0 Å². The standard InChI is InChI=1S/C19H25NO5/c1-13-4-2-3-5-15(13)20-18(21)11-23-19(22)9-7-14-6-8-16-17(10-14)25-12-24-16/h6,8,10,13,15H,2-5,7,9,11-12H2,1H3,(H,20,21). The van der Waals surface area contributed by atoms with E-state index < -0.39 is 0 Å². The number of amides is 1. The van der Waals surface area contributed by atoms with Crippen molar-refractivity contribution in [3.63, 3.8) is 0 Å². The van der Waals surface area contributed by atoms with Crippen LogP contribution >= 0.6 is 0 Å². The van der Waals surface area contributed by atoms with Crippen LogP contribution in [0.15, 0.2) is 18.2 Å². The van der Waals surface area contributed by atoms with Gasteiger partial charge in [0.1, 0.15) is 0 Å². The third-order valence-electron chi connectivity index (χ3n) is 4.88. The molecule has 1 aliphatic heterocycles. The summed E-state index contributed by atoms with van der Waals surface area (Å²) in [5.74, 6) is 1.32. The summed E-state index contributed by atoms with van der Waals surface area (Å²) in [5, 5.41) is 2.98. The minimum absolute atomic E-state index is 0.202. The lowest BCUT2D eigenvalue weighted by Crippen LogP contribution is -2.42. The maximum absolute atomic E-state index is 11.9. The average molecular weight is 347 g/mol. The van der Waals surface area contributed by atoms with E-state index in [1.165, 1.54) is 6.42 Å². The SMILES string of the molecule is CC1CCCCC1NC(=O)COC(=O)CCc1ccc2c(c1)OCO2. The van der Waals surface area contributed by atoms with Crippen molar-refractivity contribution < 1.29 is 23.8 Å². The lowest BCUT2D eigenvalue weighted by molar-refractivity contribution is -0.148. The zero-order valence-corrected chi connectivity index (χ0v) is 14.6. The minimum Gasteiger partial charge on any atom is -0.456 e. The topological polar surface area (TPSA) is 73.9 Å². The first-order valence-electron chi connectivity index (χ1n) is 8.95. The van der Waals surface area contributed by atoms with Crippen LogP contribution in [0, 0.1) is 5.92 Å². The number of nitrogens with one attached hydrogen (secondary N) is 1. The van der Waals surface area contributed by atoms with E-state index in [2.05, 4.69) is 12.2 Å². The Bertz CT molecular complexity index is 630. The molecule has 1 fully saturated rings. The molecule has 6 heteroatoms. The zero-order valence-electron chi connectivity index (χ0n) is 14.6. The van der Waals surface area contributed by atoms with Gasteiger partial charge in [-0.3, -0.25) is 9.59 Å². The van der Waals surface area contributed by atoms with Gasteiger partial charge in [-0.25, -0.2) is 0 Å². The molecule has 1 amide bonds. The van der Waals surface area contributed by atoms with Gasteiger partial charge in [0.25, 0.3) is 5.91 Å². The van der Waals surface area contributed by atoms with Crippen molar-refractivity contribution in [1.82, 2.24) is 5.32 Å². The first-order valence-corrected chi connectivity index (χ1v) is 8.95. The van der Waals surface area contributed by atoms with Gasteiger partial charge in [0.2, 0.25) is 6.79 Å². The van der Waals surface area contributed by atoms with Crippen molar-refractivity contribution >= 4 is 11.9 Å². The number of carbonyl (C=O) groups is 2. The molecule has 0 radical (unpaired) electrons. The normalized spacial score (nSPS) is 21.6. The molecule has 3 rings (SSSR count). The molecule has 136 valence electrons. The fourth-order valence-corrected chi connectivity index (χ4v) is 3.34. The van der Waals surface area contributed by atoms with Crippen LogP contribution in [0.5, 0.6) is 11.5 Å². The van der Waals surface area contributed by atoms with Gasteiger partial charge >= 0.3 is 5.97 Å². The first-order chi connectivity index (χ1) is 12.1. The number of hydrogen-bond donors (Lipinski definition) is 1. The van der Waals surface area contributed by atoms with Crippen LogP contribution in [-0.2, 0) is 20.7 Å². The van der Waals surface area contributed by atoms with Gasteiger partial charge in [0, 0.05) is 12.5 Å². The fraction of sp³-hybridized carbons (Fsp3) is 0.579. The molecule has 2 atom stereocenters. The number of benzene rings is 1. The third kappa shape index (κ3) is 4.87. The van der Waals surface area contributed by atoms with E-state index in [1.54, 1.807) is 0 Å². The molecule has 1 heterocycles. The van der Waals surface area contributed by atoms with Gasteiger partial charge in [-0.05, 0) is 42.9 Å². The molecule has 2 unspecified atom stereocenters. The number of fused-ring (bicyclic) bond motifs is 1. The minimum atomic E-state index is -0.371. The van der Waals surface area contributed by atoms with Crippen molar-refractivity contribution in [3.8, 4) is 11.5 Å². The van der Waals surface area contributed by atoms with Crippen molar-refractivity contribution in [2.24, 2.45) is 5.92 Å². The molecule has 2 aliphatic rings. The molecule has 6 nitrogen and oxygen atoms in total. The van der Waals surface area contributed by atoms with Crippen LogP contribution in [0.2, 0.25) is 0 Å². The lowest BCUT2D eigenvalue weighted by Gasteiger charge is -2.29. The largest absolute Gasteiger partial charge is 0.456 e. The van der Waals surface area contributed by atoms with Crippen molar-refractivity contribution in [3.05, 3.63) is 23.8 Å². The summed E-state index contributed by atoms with van der Waals surface area (Å²) >= 11 is 0. The number of carbonyl (C=O) groups excluding carboxylic acids is 2. The predicted octanol–water partition coefficient (Wildman–Crippen LogP) is 2.59. The Morgan fingerprint density at radius 1 is 1.20 bits per heavy atom. The van der Waals surface area contributed by atoms with Crippen molar-refractivity contribution in [2.75, 3.05) is 13.4 Å². The third-order valence-corrected chi connectivity index (χ3v) is 4.88. The zero-order chi connectivity index (χ0) is 17.6. The summed E-state index contributed by atoms with van der Waals surface area (Å²) in [4.78, 5) is 23.8. The Morgan fingerprint density at radius 2 is 2.00 bits per heavy atom.